The van der Waals surface area contributed by atoms with Crippen molar-refractivity contribution < 1.29 is 4.74 Å². The van der Waals surface area contributed by atoms with Crippen molar-refractivity contribution in [2.24, 2.45) is 5.73 Å². The van der Waals surface area contributed by atoms with Crippen molar-refractivity contribution in [3.63, 3.8) is 0 Å². The largest absolute Gasteiger partial charge is 0.497 e. The maximum atomic E-state index is 5.66. The molecule has 0 fully saturated rings. The second-order valence-electron chi connectivity index (χ2n) is 4.51. The van der Waals surface area contributed by atoms with Crippen LogP contribution in [-0.4, -0.2) is 25.9 Å². The molecular weight excluding hydrogens is 202 g/mol. The van der Waals surface area contributed by atoms with Gasteiger partial charge in [-0.25, -0.2) is 0 Å². The standard InChI is InChI=1S/C12H19N3O/c1-12(2)14-10-5-4-9(16-3)8-11(10)15(12)7-6-13/h4-5,8,14H,6-7,13H2,1-3H3. The quantitative estimate of drug-likeness (QED) is 0.814. The van der Waals surface area contributed by atoms with E-state index in [2.05, 4.69) is 24.1 Å². The molecule has 0 unspecified atom stereocenters. The second-order valence-corrected chi connectivity index (χ2v) is 4.51. The number of ether oxygens (including phenoxy) is 1. The molecule has 2 rings (SSSR count). The Hall–Kier alpha value is -1.42. The maximum Gasteiger partial charge on any atom is 0.121 e. The molecule has 1 aromatic carbocycles. The van der Waals surface area contributed by atoms with E-state index in [9.17, 15) is 0 Å². The average Bonchev–Trinajstić information content (AvgIpc) is 2.50. The molecule has 0 radical (unpaired) electrons. The van der Waals surface area contributed by atoms with E-state index in [1.54, 1.807) is 7.11 Å². The predicted octanol–water partition coefficient (Wildman–Crippen LogP) is 1.62. The van der Waals surface area contributed by atoms with Crippen molar-refractivity contribution >= 4 is 11.4 Å². The third-order valence-corrected chi connectivity index (χ3v) is 2.96. The Morgan fingerprint density at radius 1 is 1.44 bits per heavy atom. The van der Waals surface area contributed by atoms with E-state index in [-0.39, 0.29) is 5.66 Å². The van der Waals surface area contributed by atoms with Crippen molar-refractivity contribution in [2.75, 3.05) is 30.4 Å². The Morgan fingerprint density at radius 2 is 2.19 bits per heavy atom. The molecule has 4 heteroatoms. The molecule has 1 heterocycles. The van der Waals surface area contributed by atoms with Gasteiger partial charge in [0.25, 0.3) is 0 Å². The topological polar surface area (TPSA) is 50.5 Å². The van der Waals surface area contributed by atoms with E-state index in [1.165, 1.54) is 0 Å². The lowest BCUT2D eigenvalue weighted by molar-refractivity contribution is 0.415. The molecule has 16 heavy (non-hydrogen) atoms. The molecule has 1 aliphatic heterocycles. The van der Waals surface area contributed by atoms with E-state index >= 15 is 0 Å². The number of fused-ring (bicyclic) bond motifs is 1. The van der Waals surface area contributed by atoms with E-state index in [0.717, 1.165) is 23.7 Å². The second kappa shape index (κ2) is 3.87. The highest BCUT2D eigenvalue weighted by Crippen LogP contribution is 2.41. The fourth-order valence-corrected chi connectivity index (χ4v) is 2.19. The minimum atomic E-state index is -0.0892. The van der Waals surface area contributed by atoms with Crippen LogP contribution >= 0.6 is 0 Å². The highest BCUT2D eigenvalue weighted by molar-refractivity contribution is 5.79. The molecule has 0 bridgehead atoms. The average molecular weight is 221 g/mol. The van der Waals surface area contributed by atoms with Crippen LogP contribution in [0.2, 0.25) is 0 Å². The maximum absolute atomic E-state index is 5.66. The summed E-state index contributed by atoms with van der Waals surface area (Å²) in [7, 11) is 1.68. The smallest absolute Gasteiger partial charge is 0.121 e. The lowest BCUT2D eigenvalue weighted by Crippen LogP contribution is -2.47. The van der Waals surface area contributed by atoms with Crippen LogP contribution in [0.5, 0.6) is 5.75 Å². The van der Waals surface area contributed by atoms with Gasteiger partial charge in [-0.1, -0.05) is 0 Å². The van der Waals surface area contributed by atoms with Crippen LogP contribution in [0.4, 0.5) is 11.4 Å². The Balaban J connectivity index is 2.40. The van der Waals surface area contributed by atoms with Gasteiger partial charge >= 0.3 is 0 Å². The number of benzene rings is 1. The summed E-state index contributed by atoms with van der Waals surface area (Å²) in [5.41, 5.74) is 7.87. The highest BCUT2D eigenvalue weighted by Gasteiger charge is 2.34. The third-order valence-electron chi connectivity index (χ3n) is 2.96. The molecule has 0 spiro atoms. The number of nitrogens with one attached hydrogen (secondary N) is 1. The molecule has 0 aliphatic carbocycles. The third kappa shape index (κ3) is 1.69. The number of hydrogen-bond donors (Lipinski definition) is 2. The molecule has 0 atom stereocenters. The summed E-state index contributed by atoms with van der Waals surface area (Å²) in [4.78, 5) is 2.27. The van der Waals surface area contributed by atoms with Crippen LogP contribution in [0.3, 0.4) is 0 Å². The minimum absolute atomic E-state index is 0.0892. The summed E-state index contributed by atoms with van der Waals surface area (Å²) in [6, 6.07) is 6.06. The first-order chi connectivity index (χ1) is 7.58. The van der Waals surface area contributed by atoms with Crippen molar-refractivity contribution in [1.82, 2.24) is 0 Å². The van der Waals surface area contributed by atoms with Gasteiger partial charge in [-0.05, 0) is 26.0 Å². The first-order valence-electron chi connectivity index (χ1n) is 5.52. The van der Waals surface area contributed by atoms with Crippen LogP contribution < -0.4 is 20.7 Å². The number of nitrogens with zero attached hydrogens (tertiary/aromatic N) is 1. The van der Waals surface area contributed by atoms with Crippen LogP contribution in [0.25, 0.3) is 0 Å². The minimum Gasteiger partial charge on any atom is -0.497 e. The number of nitrogens with two attached hydrogens (primary N) is 1. The number of rotatable bonds is 3. The van der Waals surface area contributed by atoms with E-state index in [1.807, 2.05) is 18.2 Å². The normalized spacial score (nSPS) is 16.9. The van der Waals surface area contributed by atoms with Crippen LogP contribution in [0, 0.1) is 0 Å². The highest BCUT2D eigenvalue weighted by atomic mass is 16.5. The van der Waals surface area contributed by atoms with Crippen LogP contribution in [0.15, 0.2) is 18.2 Å². The summed E-state index contributed by atoms with van der Waals surface area (Å²) in [6.45, 7) is 5.77. The lowest BCUT2D eigenvalue weighted by Gasteiger charge is -2.33. The summed E-state index contributed by atoms with van der Waals surface area (Å²) < 4.78 is 5.25. The van der Waals surface area contributed by atoms with Crippen LogP contribution in [0.1, 0.15) is 13.8 Å². The Morgan fingerprint density at radius 3 is 2.81 bits per heavy atom. The Kier molecular flexibility index (Phi) is 2.68. The number of methoxy groups -OCH3 is 1. The van der Waals surface area contributed by atoms with Gasteiger partial charge < -0.3 is 20.7 Å². The Bertz CT molecular complexity index is 390. The van der Waals surface area contributed by atoms with Crippen molar-refractivity contribution in [3.8, 4) is 5.75 Å². The van der Waals surface area contributed by atoms with E-state index < -0.39 is 0 Å². The van der Waals surface area contributed by atoms with Gasteiger partial charge in [-0.2, -0.15) is 0 Å². The predicted molar refractivity (Wildman–Crippen MR) is 67.1 cm³/mol. The van der Waals surface area contributed by atoms with Gasteiger partial charge in [0.2, 0.25) is 0 Å². The first kappa shape index (κ1) is 11.1. The zero-order valence-electron chi connectivity index (χ0n) is 10.1. The zero-order chi connectivity index (χ0) is 11.8. The zero-order valence-corrected chi connectivity index (χ0v) is 10.1. The summed E-state index contributed by atoms with van der Waals surface area (Å²) in [6.07, 6.45) is 0. The summed E-state index contributed by atoms with van der Waals surface area (Å²) in [5.74, 6) is 0.875. The molecule has 0 aromatic heterocycles. The van der Waals surface area contributed by atoms with Crippen molar-refractivity contribution in [3.05, 3.63) is 18.2 Å². The molecule has 0 amide bonds. The first-order valence-corrected chi connectivity index (χ1v) is 5.52. The molecule has 3 N–H and O–H groups in total. The van der Waals surface area contributed by atoms with Gasteiger partial charge in [0.05, 0.1) is 18.5 Å². The fourth-order valence-electron chi connectivity index (χ4n) is 2.19. The molecule has 88 valence electrons. The number of anilines is 2. The van der Waals surface area contributed by atoms with Gasteiger partial charge in [-0.15, -0.1) is 0 Å². The lowest BCUT2D eigenvalue weighted by atomic mass is 10.2. The number of hydrogen-bond acceptors (Lipinski definition) is 4. The molecule has 4 nitrogen and oxygen atoms in total. The Labute approximate surface area is 96.4 Å². The van der Waals surface area contributed by atoms with E-state index in [4.69, 9.17) is 10.5 Å². The molecular formula is C12H19N3O. The van der Waals surface area contributed by atoms with E-state index in [0.29, 0.717) is 6.54 Å². The summed E-state index contributed by atoms with van der Waals surface area (Å²) in [5, 5.41) is 3.47. The van der Waals surface area contributed by atoms with Crippen molar-refractivity contribution in [1.29, 1.82) is 0 Å². The fraction of sp³-hybridized carbons (Fsp3) is 0.500. The molecule has 1 aliphatic rings. The SMILES string of the molecule is COc1ccc2c(c1)N(CCN)C(C)(C)N2. The van der Waals surface area contributed by atoms with Crippen molar-refractivity contribution in [2.45, 2.75) is 19.5 Å². The molecule has 0 saturated carbocycles. The summed E-state index contributed by atoms with van der Waals surface area (Å²) >= 11 is 0. The van der Waals surface area contributed by atoms with Gasteiger partial charge in [0.1, 0.15) is 11.4 Å². The monoisotopic (exact) mass is 221 g/mol. The molecule has 0 saturated heterocycles. The van der Waals surface area contributed by atoms with Crippen LogP contribution in [-0.2, 0) is 0 Å². The van der Waals surface area contributed by atoms with Gasteiger partial charge in [0.15, 0.2) is 0 Å². The van der Waals surface area contributed by atoms with Gasteiger partial charge in [0, 0.05) is 19.2 Å². The molecule has 1 aromatic rings. The van der Waals surface area contributed by atoms with Gasteiger partial charge in [-0.3, -0.25) is 0 Å².